The zero-order valence-electron chi connectivity index (χ0n) is 15.4. The zero-order chi connectivity index (χ0) is 17.9. The van der Waals surface area contributed by atoms with Gasteiger partial charge in [0.1, 0.15) is 0 Å². The van der Waals surface area contributed by atoms with Gasteiger partial charge >= 0.3 is 0 Å². The van der Waals surface area contributed by atoms with E-state index in [1.165, 1.54) is 16.6 Å². The van der Waals surface area contributed by atoms with E-state index in [0.29, 0.717) is 6.54 Å². The number of amides is 1. The molecule has 1 aromatic heterocycles. The van der Waals surface area contributed by atoms with Crippen molar-refractivity contribution < 1.29 is 9.53 Å². The van der Waals surface area contributed by atoms with E-state index in [4.69, 9.17) is 4.74 Å². The molecule has 2 fully saturated rings. The molecular weight excluding hydrogens is 328 g/mol. The quantitative estimate of drug-likeness (QED) is 0.837. The maximum Gasteiger partial charge on any atom is 0.236 e. The SMILES string of the molecule is Cc1ccc2nccc(N3CCN(C(=O)CN4CCOCC4)CC3)c2c1. The number of anilines is 1. The summed E-state index contributed by atoms with van der Waals surface area (Å²) < 4.78 is 5.35. The van der Waals surface area contributed by atoms with Crippen molar-refractivity contribution in [3.63, 3.8) is 0 Å². The third-order valence-electron chi connectivity index (χ3n) is 5.31. The number of carbonyl (C=O) groups excluding carboxylic acids is 1. The lowest BCUT2D eigenvalue weighted by atomic mass is 10.1. The largest absolute Gasteiger partial charge is 0.379 e. The summed E-state index contributed by atoms with van der Waals surface area (Å²) in [5.74, 6) is 0.238. The molecule has 138 valence electrons. The number of fused-ring (bicyclic) bond motifs is 1. The van der Waals surface area contributed by atoms with E-state index in [2.05, 4.69) is 46.0 Å². The molecule has 4 rings (SSSR count). The molecule has 1 aromatic carbocycles. The summed E-state index contributed by atoms with van der Waals surface area (Å²) in [5, 5.41) is 1.19. The van der Waals surface area contributed by atoms with Crippen molar-refractivity contribution in [1.82, 2.24) is 14.8 Å². The minimum atomic E-state index is 0.238. The number of nitrogens with zero attached hydrogens (tertiary/aromatic N) is 4. The van der Waals surface area contributed by atoms with Crippen molar-refractivity contribution in [2.75, 3.05) is 63.9 Å². The Morgan fingerprint density at radius 1 is 1.08 bits per heavy atom. The number of hydrogen-bond donors (Lipinski definition) is 0. The summed E-state index contributed by atoms with van der Waals surface area (Å²) in [6.45, 7) is 9.08. The highest BCUT2D eigenvalue weighted by Crippen LogP contribution is 2.27. The number of rotatable bonds is 3. The molecule has 2 aromatic rings. The second-order valence-corrected chi connectivity index (χ2v) is 7.11. The van der Waals surface area contributed by atoms with Gasteiger partial charge in [0.25, 0.3) is 0 Å². The van der Waals surface area contributed by atoms with E-state index >= 15 is 0 Å². The number of aryl methyl sites for hydroxylation is 1. The summed E-state index contributed by atoms with van der Waals surface area (Å²) in [6.07, 6.45) is 1.88. The molecule has 0 radical (unpaired) electrons. The van der Waals surface area contributed by atoms with Crippen LogP contribution in [-0.2, 0) is 9.53 Å². The lowest BCUT2D eigenvalue weighted by Crippen LogP contribution is -2.52. The highest BCUT2D eigenvalue weighted by Gasteiger charge is 2.24. The molecule has 0 saturated carbocycles. The number of carbonyl (C=O) groups is 1. The number of ether oxygens (including phenoxy) is 1. The number of hydrogen-bond acceptors (Lipinski definition) is 5. The Balaban J connectivity index is 1.40. The second-order valence-electron chi connectivity index (χ2n) is 7.11. The molecule has 2 aliphatic rings. The van der Waals surface area contributed by atoms with Gasteiger partial charge in [0.05, 0.1) is 25.3 Å². The smallest absolute Gasteiger partial charge is 0.236 e. The van der Waals surface area contributed by atoms with Gasteiger partial charge in [-0.05, 0) is 25.1 Å². The van der Waals surface area contributed by atoms with Gasteiger partial charge in [0, 0.05) is 56.5 Å². The maximum absolute atomic E-state index is 12.6. The molecule has 3 heterocycles. The molecule has 6 nitrogen and oxygen atoms in total. The van der Waals surface area contributed by atoms with E-state index in [-0.39, 0.29) is 5.91 Å². The van der Waals surface area contributed by atoms with Gasteiger partial charge in [0.2, 0.25) is 5.91 Å². The minimum Gasteiger partial charge on any atom is -0.379 e. The normalized spacial score (nSPS) is 19.1. The van der Waals surface area contributed by atoms with Crippen molar-refractivity contribution in [2.24, 2.45) is 0 Å². The first-order valence-electron chi connectivity index (χ1n) is 9.39. The molecule has 2 saturated heterocycles. The molecule has 0 spiro atoms. The van der Waals surface area contributed by atoms with E-state index in [1.54, 1.807) is 0 Å². The number of aromatic nitrogens is 1. The van der Waals surface area contributed by atoms with Crippen LogP contribution in [0.15, 0.2) is 30.5 Å². The van der Waals surface area contributed by atoms with Gasteiger partial charge in [-0.2, -0.15) is 0 Å². The fraction of sp³-hybridized carbons (Fsp3) is 0.500. The number of benzene rings is 1. The van der Waals surface area contributed by atoms with E-state index in [9.17, 15) is 4.79 Å². The Morgan fingerprint density at radius 3 is 2.62 bits per heavy atom. The third-order valence-corrected chi connectivity index (χ3v) is 5.31. The average molecular weight is 354 g/mol. The van der Waals surface area contributed by atoms with Crippen LogP contribution in [0.3, 0.4) is 0 Å². The van der Waals surface area contributed by atoms with Crippen molar-refractivity contribution in [3.05, 3.63) is 36.0 Å². The Hall–Kier alpha value is -2.18. The number of morpholine rings is 1. The van der Waals surface area contributed by atoms with Crippen LogP contribution in [0.4, 0.5) is 5.69 Å². The highest BCUT2D eigenvalue weighted by atomic mass is 16.5. The van der Waals surface area contributed by atoms with Gasteiger partial charge < -0.3 is 14.5 Å². The molecule has 6 heteroatoms. The maximum atomic E-state index is 12.6. The van der Waals surface area contributed by atoms with Crippen molar-refractivity contribution in [1.29, 1.82) is 0 Å². The van der Waals surface area contributed by atoms with Crippen LogP contribution in [-0.4, -0.2) is 79.7 Å². The predicted octanol–water partition coefficient (Wildman–Crippen LogP) is 1.52. The zero-order valence-corrected chi connectivity index (χ0v) is 15.4. The topological polar surface area (TPSA) is 48.9 Å². The molecular formula is C20H26N4O2. The standard InChI is InChI=1S/C20H26N4O2/c1-16-2-3-18-17(14-16)19(4-5-21-18)23-6-8-24(9-7-23)20(25)15-22-10-12-26-13-11-22/h2-5,14H,6-13,15H2,1H3. The molecule has 0 unspecified atom stereocenters. The molecule has 0 atom stereocenters. The monoisotopic (exact) mass is 354 g/mol. The van der Waals surface area contributed by atoms with Crippen LogP contribution in [0.2, 0.25) is 0 Å². The van der Waals surface area contributed by atoms with Crippen molar-refractivity contribution in [2.45, 2.75) is 6.92 Å². The Labute approximate surface area is 154 Å². The van der Waals surface area contributed by atoms with Gasteiger partial charge in [0.15, 0.2) is 0 Å². The van der Waals surface area contributed by atoms with Crippen LogP contribution in [0.25, 0.3) is 10.9 Å². The average Bonchev–Trinajstić information content (AvgIpc) is 2.68. The van der Waals surface area contributed by atoms with Gasteiger partial charge in [-0.25, -0.2) is 0 Å². The first kappa shape index (κ1) is 17.2. The second kappa shape index (κ2) is 7.60. The summed E-state index contributed by atoms with van der Waals surface area (Å²) in [5.41, 5.74) is 3.49. The fourth-order valence-corrected chi connectivity index (χ4v) is 3.77. The van der Waals surface area contributed by atoms with Crippen molar-refractivity contribution >= 4 is 22.5 Å². The molecule has 1 amide bonds. The summed E-state index contributed by atoms with van der Waals surface area (Å²) in [6, 6.07) is 8.47. The minimum absolute atomic E-state index is 0.238. The van der Waals surface area contributed by atoms with Crippen LogP contribution >= 0.6 is 0 Å². The first-order chi connectivity index (χ1) is 12.7. The van der Waals surface area contributed by atoms with E-state index in [0.717, 1.165) is 58.0 Å². The fourth-order valence-electron chi connectivity index (χ4n) is 3.77. The summed E-state index contributed by atoms with van der Waals surface area (Å²) in [7, 11) is 0. The van der Waals surface area contributed by atoms with Crippen LogP contribution < -0.4 is 4.90 Å². The Kier molecular flexibility index (Phi) is 5.04. The van der Waals surface area contributed by atoms with Gasteiger partial charge in [-0.15, -0.1) is 0 Å². The summed E-state index contributed by atoms with van der Waals surface area (Å²) in [4.78, 5) is 23.6. The number of piperazine rings is 1. The van der Waals surface area contributed by atoms with Crippen LogP contribution in [0, 0.1) is 6.92 Å². The molecule has 0 aliphatic carbocycles. The molecule has 0 bridgehead atoms. The van der Waals surface area contributed by atoms with Crippen LogP contribution in [0.1, 0.15) is 5.56 Å². The Bertz CT molecular complexity index is 780. The van der Waals surface area contributed by atoms with E-state index in [1.807, 2.05) is 11.1 Å². The lowest BCUT2D eigenvalue weighted by molar-refractivity contribution is -0.133. The number of pyridine rings is 1. The third kappa shape index (κ3) is 3.66. The van der Waals surface area contributed by atoms with Crippen molar-refractivity contribution in [3.8, 4) is 0 Å². The highest BCUT2D eigenvalue weighted by molar-refractivity contribution is 5.92. The van der Waals surface area contributed by atoms with Gasteiger partial charge in [-0.1, -0.05) is 11.6 Å². The lowest BCUT2D eigenvalue weighted by Gasteiger charge is -2.37. The molecule has 26 heavy (non-hydrogen) atoms. The molecule has 0 N–H and O–H groups in total. The van der Waals surface area contributed by atoms with Crippen LogP contribution in [0.5, 0.6) is 0 Å². The first-order valence-corrected chi connectivity index (χ1v) is 9.39. The van der Waals surface area contributed by atoms with E-state index < -0.39 is 0 Å². The molecule has 2 aliphatic heterocycles. The predicted molar refractivity (Wildman–Crippen MR) is 103 cm³/mol. The summed E-state index contributed by atoms with van der Waals surface area (Å²) >= 11 is 0. The Morgan fingerprint density at radius 2 is 1.85 bits per heavy atom. The van der Waals surface area contributed by atoms with Gasteiger partial charge in [-0.3, -0.25) is 14.7 Å².